The molecule has 6 nitrogen and oxygen atoms in total. The molecule has 25 heavy (non-hydrogen) atoms. The molecular formula is C17H13Cl2N5O. The van der Waals surface area contributed by atoms with E-state index in [0.717, 1.165) is 5.56 Å². The van der Waals surface area contributed by atoms with Crippen molar-refractivity contribution in [3.8, 4) is 0 Å². The second-order valence-electron chi connectivity index (χ2n) is 5.06. The van der Waals surface area contributed by atoms with Crippen molar-refractivity contribution < 1.29 is 4.79 Å². The molecule has 0 aliphatic carbocycles. The summed E-state index contributed by atoms with van der Waals surface area (Å²) in [6.45, 7) is 0.528. The molecular weight excluding hydrogens is 361 g/mol. The lowest BCUT2D eigenvalue weighted by molar-refractivity contribution is 0.102. The van der Waals surface area contributed by atoms with E-state index in [1.165, 1.54) is 12.3 Å². The molecule has 0 radical (unpaired) electrons. The van der Waals surface area contributed by atoms with Crippen molar-refractivity contribution in [3.63, 3.8) is 0 Å². The lowest BCUT2D eigenvalue weighted by Crippen LogP contribution is -2.15. The number of nitrogens with one attached hydrogen (secondary N) is 2. The Morgan fingerprint density at radius 1 is 1.00 bits per heavy atom. The number of pyridine rings is 1. The van der Waals surface area contributed by atoms with E-state index >= 15 is 0 Å². The number of nitrogens with zero attached hydrogens (tertiary/aromatic N) is 3. The lowest BCUT2D eigenvalue weighted by Gasteiger charge is -2.08. The molecule has 2 heterocycles. The van der Waals surface area contributed by atoms with Gasteiger partial charge in [-0.2, -0.15) is 0 Å². The van der Waals surface area contributed by atoms with Crippen LogP contribution in [0, 0.1) is 0 Å². The van der Waals surface area contributed by atoms with E-state index in [-0.39, 0.29) is 11.6 Å². The minimum atomic E-state index is -0.368. The molecule has 3 aromatic rings. The average molecular weight is 374 g/mol. The van der Waals surface area contributed by atoms with E-state index in [1.54, 1.807) is 30.6 Å². The number of hydrogen-bond acceptors (Lipinski definition) is 5. The molecule has 0 fully saturated rings. The summed E-state index contributed by atoms with van der Waals surface area (Å²) in [6.07, 6.45) is 4.93. The second-order valence-corrected chi connectivity index (χ2v) is 5.87. The van der Waals surface area contributed by atoms with Crippen LogP contribution in [0.25, 0.3) is 0 Å². The molecule has 0 aliphatic heterocycles. The van der Waals surface area contributed by atoms with E-state index in [1.807, 2.05) is 12.1 Å². The predicted octanol–water partition coefficient (Wildman–Crippen LogP) is 4.04. The number of rotatable bonds is 5. The molecule has 0 bridgehead atoms. The monoisotopic (exact) mass is 373 g/mol. The van der Waals surface area contributed by atoms with Crippen LogP contribution in [0.1, 0.15) is 16.1 Å². The van der Waals surface area contributed by atoms with Crippen LogP contribution in [0.2, 0.25) is 10.0 Å². The number of benzene rings is 1. The minimum Gasteiger partial charge on any atom is -0.350 e. The standard InChI is InChI=1S/C17H13Cl2N5O/c18-13-2-1-12(9-14(13)19)23-16(25)15-5-8-21-17(24-15)22-10-11-3-6-20-7-4-11/h1-9H,10H2,(H,23,25)(H,21,22,24). The van der Waals surface area contributed by atoms with E-state index in [9.17, 15) is 4.79 Å². The maximum Gasteiger partial charge on any atom is 0.274 e. The molecule has 2 N–H and O–H groups in total. The third kappa shape index (κ3) is 4.65. The van der Waals surface area contributed by atoms with Crippen molar-refractivity contribution in [2.24, 2.45) is 0 Å². The highest BCUT2D eigenvalue weighted by molar-refractivity contribution is 6.42. The highest BCUT2D eigenvalue weighted by Gasteiger charge is 2.10. The molecule has 3 rings (SSSR count). The summed E-state index contributed by atoms with van der Waals surface area (Å²) in [4.78, 5) is 24.6. The van der Waals surface area contributed by atoms with Crippen LogP contribution >= 0.6 is 23.2 Å². The Labute approximate surface area is 154 Å². The third-order valence-corrected chi connectivity index (χ3v) is 4.00. The average Bonchev–Trinajstić information content (AvgIpc) is 2.64. The summed E-state index contributed by atoms with van der Waals surface area (Å²) in [7, 11) is 0. The first-order valence-corrected chi connectivity index (χ1v) is 8.09. The van der Waals surface area contributed by atoms with Gasteiger partial charge in [0.05, 0.1) is 10.0 Å². The number of hydrogen-bond donors (Lipinski definition) is 2. The van der Waals surface area contributed by atoms with Gasteiger partial charge in [-0.05, 0) is 42.0 Å². The number of anilines is 2. The first-order chi connectivity index (χ1) is 12.1. The highest BCUT2D eigenvalue weighted by atomic mass is 35.5. The van der Waals surface area contributed by atoms with Crippen molar-refractivity contribution >= 4 is 40.7 Å². The van der Waals surface area contributed by atoms with Gasteiger partial charge in [0.15, 0.2) is 0 Å². The van der Waals surface area contributed by atoms with Crippen molar-refractivity contribution in [2.45, 2.75) is 6.54 Å². The minimum absolute atomic E-state index is 0.235. The Bertz CT molecular complexity index is 889. The van der Waals surface area contributed by atoms with Crippen LogP contribution in [0.15, 0.2) is 55.0 Å². The summed E-state index contributed by atoms with van der Waals surface area (Å²) >= 11 is 11.8. The van der Waals surface area contributed by atoms with Crippen molar-refractivity contribution in [1.82, 2.24) is 15.0 Å². The Kier molecular flexibility index (Phi) is 5.42. The molecule has 0 saturated heterocycles. The molecule has 126 valence electrons. The topological polar surface area (TPSA) is 79.8 Å². The fourth-order valence-corrected chi connectivity index (χ4v) is 2.32. The number of carbonyl (C=O) groups is 1. The van der Waals surface area contributed by atoms with E-state index in [0.29, 0.717) is 28.2 Å². The van der Waals surface area contributed by atoms with Gasteiger partial charge in [-0.1, -0.05) is 23.2 Å². The van der Waals surface area contributed by atoms with Gasteiger partial charge in [0, 0.05) is 30.8 Å². The van der Waals surface area contributed by atoms with Crippen LogP contribution in [0.4, 0.5) is 11.6 Å². The van der Waals surface area contributed by atoms with Gasteiger partial charge in [-0.25, -0.2) is 9.97 Å². The zero-order valence-corrected chi connectivity index (χ0v) is 14.4. The Hall–Kier alpha value is -2.70. The van der Waals surface area contributed by atoms with Crippen molar-refractivity contribution in [2.75, 3.05) is 10.6 Å². The van der Waals surface area contributed by atoms with Crippen molar-refractivity contribution in [1.29, 1.82) is 0 Å². The summed E-state index contributed by atoms with van der Waals surface area (Å²) < 4.78 is 0. The van der Waals surface area contributed by atoms with Crippen LogP contribution in [0.3, 0.4) is 0 Å². The first-order valence-electron chi connectivity index (χ1n) is 7.34. The van der Waals surface area contributed by atoms with Gasteiger partial charge in [0.2, 0.25) is 5.95 Å². The molecule has 0 aliphatic rings. The zero-order valence-electron chi connectivity index (χ0n) is 12.9. The largest absolute Gasteiger partial charge is 0.350 e. The fourth-order valence-electron chi connectivity index (χ4n) is 2.02. The first kappa shape index (κ1) is 17.1. The Morgan fingerprint density at radius 2 is 1.80 bits per heavy atom. The molecule has 8 heteroatoms. The van der Waals surface area contributed by atoms with Crippen LogP contribution in [-0.4, -0.2) is 20.9 Å². The summed E-state index contributed by atoms with van der Waals surface area (Å²) in [5.41, 5.74) is 1.80. The highest BCUT2D eigenvalue weighted by Crippen LogP contribution is 2.25. The predicted molar refractivity (Wildman–Crippen MR) is 98.0 cm³/mol. The quantitative estimate of drug-likeness (QED) is 0.705. The van der Waals surface area contributed by atoms with E-state index in [2.05, 4.69) is 25.6 Å². The second kappa shape index (κ2) is 7.92. The summed E-state index contributed by atoms with van der Waals surface area (Å²) in [6, 6.07) is 10.1. The summed E-state index contributed by atoms with van der Waals surface area (Å²) in [5.74, 6) is -0.00801. The van der Waals surface area contributed by atoms with Crippen LogP contribution in [0.5, 0.6) is 0 Å². The zero-order chi connectivity index (χ0) is 17.6. The van der Waals surface area contributed by atoms with Gasteiger partial charge >= 0.3 is 0 Å². The molecule has 0 atom stereocenters. The van der Waals surface area contributed by atoms with Gasteiger partial charge in [-0.15, -0.1) is 0 Å². The maximum atomic E-state index is 12.3. The van der Waals surface area contributed by atoms with Crippen LogP contribution in [-0.2, 0) is 6.54 Å². The molecule has 2 aromatic heterocycles. The van der Waals surface area contributed by atoms with Crippen LogP contribution < -0.4 is 10.6 Å². The number of amides is 1. The van der Waals surface area contributed by atoms with Gasteiger partial charge < -0.3 is 10.6 Å². The fraction of sp³-hybridized carbons (Fsp3) is 0.0588. The molecule has 0 unspecified atom stereocenters. The maximum absolute atomic E-state index is 12.3. The summed E-state index contributed by atoms with van der Waals surface area (Å²) in [5, 5.41) is 6.57. The van der Waals surface area contributed by atoms with E-state index < -0.39 is 0 Å². The smallest absolute Gasteiger partial charge is 0.274 e. The van der Waals surface area contributed by atoms with Gasteiger partial charge in [0.1, 0.15) is 5.69 Å². The lowest BCUT2D eigenvalue weighted by atomic mass is 10.3. The Morgan fingerprint density at radius 3 is 2.56 bits per heavy atom. The third-order valence-electron chi connectivity index (χ3n) is 3.27. The number of carbonyl (C=O) groups excluding carboxylic acids is 1. The van der Waals surface area contributed by atoms with Gasteiger partial charge in [-0.3, -0.25) is 9.78 Å². The molecule has 0 spiro atoms. The van der Waals surface area contributed by atoms with Crippen molar-refractivity contribution in [3.05, 3.63) is 76.3 Å². The van der Waals surface area contributed by atoms with Gasteiger partial charge in [0.25, 0.3) is 5.91 Å². The molecule has 1 aromatic carbocycles. The SMILES string of the molecule is O=C(Nc1ccc(Cl)c(Cl)c1)c1ccnc(NCc2ccncc2)n1. The Balaban J connectivity index is 1.67. The number of halogens is 2. The molecule has 1 amide bonds. The molecule has 0 saturated carbocycles. The normalized spacial score (nSPS) is 10.3. The van der Waals surface area contributed by atoms with E-state index in [4.69, 9.17) is 23.2 Å². The number of aromatic nitrogens is 3.